The van der Waals surface area contributed by atoms with Gasteiger partial charge in [0.15, 0.2) is 16.7 Å². The van der Waals surface area contributed by atoms with Gasteiger partial charge in [0.1, 0.15) is 11.9 Å². The fraction of sp³-hybridized carbons (Fsp3) is 0.444. The van der Waals surface area contributed by atoms with Gasteiger partial charge >= 0.3 is 0 Å². The Balaban J connectivity index is 1.50. The molecule has 6 nitrogen and oxygen atoms in total. The first-order valence-electron chi connectivity index (χ1n) is 12.0. The highest BCUT2D eigenvalue weighted by Gasteiger charge is 2.43. The van der Waals surface area contributed by atoms with Gasteiger partial charge in [0.05, 0.1) is 19.9 Å². The van der Waals surface area contributed by atoms with E-state index in [0.29, 0.717) is 23.3 Å². The summed E-state index contributed by atoms with van der Waals surface area (Å²) in [6.45, 7) is 2.09. The molecule has 0 bridgehead atoms. The van der Waals surface area contributed by atoms with E-state index in [1.807, 2.05) is 12.1 Å². The summed E-state index contributed by atoms with van der Waals surface area (Å²) in [5.74, 6) is 3.18. The highest BCUT2D eigenvalue weighted by molar-refractivity contribution is 8.13. The maximum atomic E-state index is 13.2. The van der Waals surface area contributed by atoms with Gasteiger partial charge in [0.2, 0.25) is 0 Å². The van der Waals surface area contributed by atoms with Gasteiger partial charge in [-0.15, -0.1) is 0 Å². The number of rotatable bonds is 6. The number of fused-ring (bicyclic) bond motifs is 3. The van der Waals surface area contributed by atoms with Crippen LogP contribution in [0.5, 0.6) is 11.5 Å². The van der Waals surface area contributed by atoms with Crippen LogP contribution in [0.15, 0.2) is 46.4 Å². The Labute approximate surface area is 205 Å². The van der Waals surface area contributed by atoms with Crippen LogP contribution >= 0.6 is 11.8 Å². The molecular formula is C27H31N3O3S. The Morgan fingerprint density at radius 3 is 2.41 bits per heavy atom. The third-order valence-corrected chi connectivity index (χ3v) is 8.00. The van der Waals surface area contributed by atoms with E-state index in [1.54, 1.807) is 26.0 Å². The summed E-state index contributed by atoms with van der Waals surface area (Å²) in [6, 6.07) is 12.0. The normalized spacial score (nSPS) is 19.9. The van der Waals surface area contributed by atoms with Crippen LogP contribution in [0.1, 0.15) is 55.2 Å². The summed E-state index contributed by atoms with van der Waals surface area (Å²) in [5.41, 5.74) is 4.04. The summed E-state index contributed by atoms with van der Waals surface area (Å²) in [4.78, 5) is 24.9. The molecule has 0 radical (unpaired) electrons. The SMILES string of the molecule is COc1cc2c(cc1OC)C1=NC(=O)[C@@H](CC3CCCCC3)N1C(SCc1ccc(C)cc1)=N2. The average Bonchev–Trinajstić information content (AvgIpc) is 3.19. The highest BCUT2D eigenvalue weighted by Crippen LogP contribution is 2.42. The molecule has 0 spiro atoms. The summed E-state index contributed by atoms with van der Waals surface area (Å²) >= 11 is 1.66. The summed E-state index contributed by atoms with van der Waals surface area (Å²) < 4.78 is 11.0. The van der Waals surface area contributed by atoms with E-state index >= 15 is 0 Å². The van der Waals surface area contributed by atoms with E-state index < -0.39 is 0 Å². The van der Waals surface area contributed by atoms with E-state index in [4.69, 9.17) is 14.5 Å². The molecule has 2 aromatic carbocycles. The molecule has 1 saturated carbocycles. The van der Waals surface area contributed by atoms with Crippen molar-refractivity contribution < 1.29 is 14.3 Å². The van der Waals surface area contributed by atoms with Crippen molar-refractivity contribution >= 4 is 34.4 Å². The number of amidine groups is 2. The first kappa shape index (κ1) is 23.0. The van der Waals surface area contributed by atoms with Gasteiger partial charge in [-0.3, -0.25) is 9.69 Å². The molecule has 1 atom stereocenters. The molecule has 7 heteroatoms. The number of nitrogens with zero attached hydrogens (tertiary/aromatic N) is 3. The number of hydrogen-bond acceptors (Lipinski definition) is 6. The molecular weight excluding hydrogens is 446 g/mol. The topological polar surface area (TPSA) is 63.5 Å². The zero-order chi connectivity index (χ0) is 23.7. The van der Waals surface area contributed by atoms with E-state index in [2.05, 4.69) is 41.1 Å². The Bertz CT molecular complexity index is 1140. The molecule has 3 aliphatic rings. The second-order valence-corrected chi connectivity index (χ2v) is 10.2. The van der Waals surface area contributed by atoms with Crippen molar-refractivity contribution in [3.8, 4) is 11.5 Å². The predicted octanol–water partition coefficient (Wildman–Crippen LogP) is 5.87. The molecule has 2 aromatic rings. The summed E-state index contributed by atoms with van der Waals surface area (Å²) in [7, 11) is 3.23. The third-order valence-electron chi connectivity index (χ3n) is 6.98. The first-order chi connectivity index (χ1) is 16.6. The molecule has 0 aromatic heterocycles. The lowest BCUT2D eigenvalue weighted by Crippen LogP contribution is -2.44. The number of carbonyl (C=O) groups excluding carboxylic acids is 1. The number of amides is 1. The lowest BCUT2D eigenvalue weighted by Gasteiger charge is -2.33. The maximum Gasteiger partial charge on any atom is 0.270 e. The zero-order valence-electron chi connectivity index (χ0n) is 20.0. The van der Waals surface area contributed by atoms with Gasteiger partial charge in [-0.2, -0.15) is 4.99 Å². The third kappa shape index (κ3) is 4.45. The number of hydrogen-bond donors (Lipinski definition) is 0. The first-order valence-corrected chi connectivity index (χ1v) is 13.0. The van der Waals surface area contributed by atoms with Gasteiger partial charge in [0, 0.05) is 17.4 Å². The largest absolute Gasteiger partial charge is 0.493 e. The molecule has 2 heterocycles. The Kier molecular flexibility index (Phi) is 6.63. The van der Waals surface area contributed by atoms with Crippen LogP contribution in [0.3, 0.4) is 0 Å². The van der Waals surface area contributed by atoms with E-state index in [0.717, 1.165) is 28.6 Å². The number of thioether (sulfide) groups is 1. The average molecular weight is 478 g/mol. The molecule has 1 fully saturated rings. The van der Waals surface area contributed by atoms with Crippen LogP contribution in [0.2, 0.25) is 0 Å². The molecule has 5 rings (SSSR count). The molecule has 0 unspecified atom stereocenters. The highest BCUT2D eigenvalue weighted by atomic mass is 32.2. The summed E-state index contributed by atoms with van der Waals surface area (Å²) in [5, 5.41) is 0.825. The molecule has 2 aliphatic heterocycles. The van der Waals surface area contributed by atoms with Crippen molar-refractivity contribution in [3.05, 3.63) is 53.1 Å². The van der Waals surface area contributed by atoms with Crippen LogP contribution in [0, 0.1) is 12.8 Å². The predicted molar refractivity (Wildman–Crippen MR) is 137 cm³/mol. The van der Waals surface area contributed by atoms with Crippen molar-refractivity contribution in [2.75, 3.05) is 14.2 Å². The number of methoxy groups -OCH3 is 2. The Morgan fingerprint density at radius 2 is 1.71 bits per heavy atom. The van der Waals surface area contributed by atoms with Crippen molar-refractivity contribution in [2.45, 2.75) is 57.2 Å². The lowest BCUT2D eigenvalue weighted by atomic mass is 9.84. The minimum Gasteiger partial charge on any atom is -0.493 e. The van der Waals surface area contributed by atoms with Crippen LogP contribution in [-0.4, -0.2) is 42.1 Å². The maximum absolute atomic E-state index is 13.2. The second-order valence-electron chi connectivity index (χ2n) is 9.29. The van der Waals surface area contributed by atoms with Gasteiger partial charge in [-0.1, -0.05) is 73.7 Å². The monoisotopic (exact) mass is 477 g/mol. The van der Waals surface area contributed by atoms with E-state index in [9.17, 15) is 4.79 Å². The molecule has 1 aliphatic carbocycles. The van der Waals surface area contributed by atoms with Crippen LogP contribution in [0.4, 0.5) is 5.69 Å². The number of aliphatic imine (C=N–C) groups is 2. The second kappa shape index (κ2) is 9.82. The van der Waals surface area contributed by atoms with E-state index in [-0.39, 0.29) is 11.9 Å². The van der Waals surface area contributed by atoms with Gasteiger partial charge in [-0.05, 0) is 30.9 Å². The minimum absolute atomic E-state index is 0.0631. The lowest BCUT2D eigenvalue weighted by molar-refractivity contribution is -0.120. The molecule has 34 heavy (non-hydrogen) atoms. The fourth-order valence-electron chi connectivity index (χ4n) is 5.08. The van der Waals surface area contributed by atoms with Gasteiger partial charge < -0.3 is 9.47 Å². The van der Waals surface area contributed by atoms with Crippen molar-refractivity contribution in [1.82, 2.24) is 4.90 Å². The van der Waals surface area contributed by atoms with Gasteiger partial charge in [-0.25, -0.2) is 4.99 Å². The summed E-state index contributed by atoms with van der Waals surface area (Å²) in [6.07, 6.45) is 7.02. The minimum atomic E-state index is -0.288. The zero-order valence-corrected chi connectivity index (χ0v) is 20.9. The molecule has 0 N–H and O–H groups in total. The number of carbonyl (C=O) groups is 1. The molecule has 0 saturated heterocycles. The number of aryl methyl sites for hydroxylation is 1. The van der Waals surface area contributed by atoms with Crippen LogP contribution in [0.25, 0.3) is 0 Å². The van der Waals surface area contributed by atoms with Crippen molar-refractivity contribution in [1.29, 1.82) is 0 Å². The quantitative estimate of drug-likeness (QED) is 0.520. The Hall–Kier alpha value is -2.80. The fourth-order valence-corrected chi connectivity index (χ4v) is 6.08. The van der Waals surface area contributed by atoms with Crippen LogP contribution in [-0.2, 0) is 10.5 Å². The van der Waals surface area contributed by atoms with E-state index in [1.165, 1.54) is 43.2 Å². The number of benzene rings is 2. The van der Waals surface area contributed by atoms with Gasteiger partial charge in [0.25, 0.3) is 5.91 Å². The molecule has 1 amide bonds. The standard InChI is InChI=1S/C27H31N3O3S/c1-17-9-11-19(12-10-17)16-34-27-28-21-15-24(33-3)23(32-2)14-20(21)25-29-26(31)22(30(25)27)13-18-7-5-4-6-8-18/h9-12,14-15,18,22H,4-8,13,16H2,1-3H3/t22-/m1/s1. The van der Waals surface area contributed by atoms with Crippen molar-refractivity contribution in [3.63, 3.8) is 0 Å². The van der Waals surface area contributed by atoms with Crippen molar-refractivity contribution in [2.24, 2.45) is 15.9 Å². The Morgan fingerprint density at radius 1 is 1.00 bits per heavy atom. The van der Waals surface area contributed by atoms with Crippen LogP contribution < -0.4 is 9.47 Å². The molecule has 178 valence electrons. The smallest absolute Gasteiger partial charge is 0.270 e. The number of ether oxygens (including phenoxy) is 2.